The molecule has 0 fully saturated rings. The molecule has 0 aromatic heterocycles. The van der Waals surface area contributed by atoms with Crippen molar-refractivity contribution in [3.8, 4) is 0 Å². The van der Waals surface area contributed by atoms with Crippen molar-refractivity contribution in [2.24, 2.45) is 0 Å². The first kappa shape index (κ1) is 31.2. The zero-order valence-corrected chi connectivity index (χ0v) is 22.7. The maximum atomic E-state index is 11.9. The molecule has 1 unspecified atom stereocenters. The van der Waals surface area contributed by atoms with Gasteiger partial charge < -0.3 is 1.43 Å². The van der Waals surface area contributed by atoms with E-state index in [9.17, 15) is 4.57 Å². The van der Waals surface area contributed by atoms with Gasteiger partial charge in [-0.05, 0) is 23.8 Å². The zero-order chi connectivity index (χ0) is 19.8. The van der Waals surface area contributed by atoms with E-state index in [1.54, 1.807) is 0 Å². The van der Waals surface area contributed by atoms with E-state index in [0.29, 0.717) is 6.61 Å². The molecule has 164 valence electrons. The van der Waals surface area contributed by atoms with Crippen LogP contribution in [0.15, 0.2) is 0 Å². The maximum absolute atomic E-state index is 11.9. The van der Waals surface area contributed by atoms with Crippen molar-refractivity contribution in [3.63, 3.8) is 0 Å². The minimum atomic E-state index is -1.40. The van der Waals surface area contributed by atoms with Crippen LogP contribution in [0, 0.1) is 0 Å². The van der Waals surface area contributed by atoms with Crippen LogP contribution in [0.25, 0.3) is 0 Å². The molecule has 0 amide bonds. The quantitative estimate of drug-likeness (QED) is 0.103. The molecule has 28 heavy (non-hydrogen) atoms. The van der Waals surface area contributed by atoms with Gasteiger partial charge in [-0.1, -0.05) is 123 Å². The predicted octanol–water partition coefficient (Wildman–Crippen LogP) is 6.70. The van der Waals surface area contributed by atoms with E-state index >= 15 is 0 Å². The van der Waals surface area contributed by atoms with E-state index in [-0.39, 0.29) is 31.0 Å². The van der Waals surface area contributed by atoms with Crippen molar-refractivity contribution in [1.29, 1.82) is 0 Å². The summed E-state index contributed by atoms with van der Waals surface area (Å²) in [5, 5.41) is 0. The van der Waals surface area contributed by atoms with Crippen LogP contribution < -0.4 is 29.6 Å². The minimum Gasteiger partial charge on any atom is -1.00 e. The monoisotopic (exact) mass is 425 g/mol. The summed E-state index contributed by atoms with van der Waals surface area (Å²) in [7, 11) is -1.40. The number of hydrogen-bond donors (Lipinski definition) is 0. The van der Waals surface area contributed by atoms with Gasteiger partial charge in [-0.15, -0.1) is 4.52 Å². The molecule has 0 spiro atoms. The molecule has 4 heteroatoms. The van der Waals surface area contributed by atoms with Gasteiger partial charge in [-0.2, -0.15) is 0 Å². The van der Waals surface area contributed by atoms with Gasteiger partial charge in [0.15, 0.2) is 6.16 Å². The Morgan fingerprint density at radius 3 is 1.25 bits per heavy atom. The smallest absolute Gasteiger partial charge is 1.00 e. The summed E-state index contributed by atoms with van der Waals surface area (Å²) in [5.74, 6) is 0. The molecule has 0 radical (unpaired) electrons. The van der Waals surface area contributed by atoms with Crippen LogP contribution in [0.3, 0.4) is 0 Å². The van der Waals surface area contributed by atoms with Crippen molar-refractivity contribution >= 4 is 8.03 Å². The second-order valence-corrected chi connectivity index (χ2v) is 9.62. The number of unbranched alkanes of at least 4 members (excludes halogenated alkanes) is 18. The molecule has 0 rings (SSSR count). The van der Waals surface area contributed by atoms with Crippen LogP contribution in [-0.4, -0.2) is 12.8 Å². The van der Waals surface area contributed by atoms with Crippen molar-refractivity contribution in [2.75, 3.05) is 12.8 Å². The largest absolute Gasteiger partial charge is 1.00 e. The average Bonchev–Trinajstić information content (AvgIpc) is 2.67. The van der Waals surface area contributed by atoms with Crippen LogP contribution in [-0.2, 0) is 9.09 Å². The predicted molar refractivity (Wildman–Crippen MR) is 123 cm³/mol. The Balaban J connectivity index is -0.00000338. The molecule has 0 saturated carbocycles. The third-order valence-corrected chi connectivity index (χ3v) is 6.58. The Kier molecular flexibility index (Phi) is 31.3. The van der Waals surface area contributed by atoms with E-state index < -0.39 is 8.03 Å². The Hall–Kier alpha value is 1.06. The molecular weight excluding hydrogens is 374 g/mol. The summed E-state index contributed by atoms with van der Waals surface area (Å²) in [6.07, 6.45) is 27.4. The Labute approximate surface area is 202 Å². The molecule has 0 aliphatic carbocycles. The second kappa shape index (κ2) is 28.1. The van der Waals surface area contributed by atoms with Crippen molar-refractivity contribution < 1.29 is 40.1 Å². The molecule has 0 aliphatic rings. The molecule has 0 saturated heterocycles. The van der Waals surface area contributed by atoms with E-state index in [2.05, 4.69) is 13.8 Å². The molecule has 0 aromatic carbocycles. The molecule has 0 aliphatic heterocycles. The zero-order valence-electron chi connectivity index (χ0n) is 20.8. The molecular formula is C24H51NaO2P+. The standard InChI is InChI=1S/C24H50O2P.Na.H/c1-3-5-7-9-11-13-15-17-19-21-23-26-27(25)24-22-20-18-16-14-12-10-8-6-4-2;;/h3-24H2,1-2H3;;/q2*+1;-1. The minimum absolute atomic E-state index is 0. The molecule has 0 aromatic rings. The Morgan fingerprint density at radius 2 is 0.857 bits per heavy atom. The van der Waals surface area contributed by atoms with Crippen LogP contribution in [0.5, 0.6) is 0 Å². The average molecular weight is 426 g/mol. The fourth-order valence-electron chi connectivity index (χ4n) is 3.55. The van der Waals surface area contributed by atoms with Crippen LogP contribution >= 0.6 is 8.03 Å². The van der Waals surface area contributed by atoms with E-state index in [1.165, 1.54) is 116 Å². The Bertz CT molecular complexity index is 307. The van der Waals surface area contributed by atoms with Gasteiger partial charge in [0, 0.05) is 0 Å². The maximum Gasteiger partial charge on any atom is 1.00 e. The van der Waals surface area contributed by atoms with Gasteiger partial charge in [0.25, 0.3) is 0 Å². The van der Waals surface area contributed by atoms with Crippen LogP contribution in [0.4, 0.5) is 0 Å². The van der Waals surface area contributed by atoms with Gasteiger partial charge >= 0.3 is 37.6 Å². The third kappa shape index (κ3) is 27.1. The molecule has 2 nitrogen and oxygen atoms in total. The summed E-state index contributed by atoms with van der Waals surface area (Å²) in [6.45, 7) is 5.24. The van der Waals surface area contributed by atoms with Crippen molar-refractivity contribution in [3.05, 3.63) is 0 Å². The topological polar surface area (TPSA) is 26.3 Å². The first-order valence-corrected chi connectivity index (χ1v) is 13.7. The fourth-order valence-corrected chi connectivity index (χ4v) is 4.49. The molecule has 0 bridgehead atoms. The van der Waals surface area contributed by atoms with Crippen molar-refractivity contribution in [1.82, 2.24) is 0 Å². The SMILES string of the molecule is CCCCCCCCCCCCO[P+](=O)CCCCCCCCCCCC.[H-].[Na+]. The van der Waals surface area contributed by atoms with Gasteiger partial charge in [-0.25, -0.2) is 0 Å². The van der Waals surface area contributed by atoms with E-state index in [0.717, 1.165) is 19.0 Å². The summed E-state index contributed by atoms with van der Waals surface area (Å²) in [6, 6.07) is 0. The van der Waals surface area contributed by atoms with Gasteiger partial charge in [-0.3, -0.25) is 0 Å². The first-order chi connectivity index (χ1) is 13.3. The van der Waals surface area contributed by atoms with E-state index in [1.807, 2.05) is 0 Å². The molecule has 0 N–H and O–H groups in total. The summed E-state index contributed by atoms with van der Waals surface area (Å²) in [4.78, 5) is 0. The second-order valence-electron chi connectivity index (χ2n) is 8.25. The number of hydrogen-bond acceptors (Lipinski definition) is 2. The van der Waals surface area contributed by atoms with Gasteiger partial charge in [0.05, 0.1) is 0 Å². The summed E-state index contributed by atoms with van der Waals surface area (Å²) < 4.78 is 17.4. The Morgan fingerprint density at radius 1 is 0.536 bits per heavy atom. The molecule has 1 atom stereocenters. The van der Waals surface area contributed by atoms with E-state index in [4.69, 9.17) is 4.52 Å². The number of rotatable bonds is 23. The van der Waals surface area contributed by atoms with Crippen LogP contribution in [0.1, 0.15) is 144 Å². The fraction of sp³-hybridized carbons (Fsp3) is 1.00. The third-order valence-electron chi connectivity index (χ3n) is 5.43. The normalized spacial score (nSPS) is 11.4. The van der Waals surface area contributed by atoms with Gasteiger partial charge in [0.2, 0.25) is 0 Å². The van der Waals surface area contributed by atoms with Crippen molar-refractivity contribution in [2.45, 2.75) is 142 Å². The van der Waals surface area contributed by atoms with Crippen LogP contribution in [0.2, 0.25) is 0 Å². The molecule has 0 heterocycles. The first-order valence-electron chi connectivity index (χ1n) is 12.4. The summed E-state index contributed by atoms with van der Waals surface area (Å²) in [5.41, 5.74) is 0. The van der Waals surface area contributed by atoms with Gasteiger partial charge in [0.1, 0.15) is 6.61 Å². The summed E-state index contributed by atoms with van der Waals surface area (Å²) >= 11 is 0.